The van der Waals surface area contributed by atoms with Crippen LogP contribution in [0.5, 0.6) is 0 Å². The molecule has 1 nitrogen and oxygen atoms in total. The van der Waals surface area contributed by atoms with Crippen molar-refractivity contribution in [2.75, 3.05) is 0 Å². The summed E-state index contributed by atoms with van der Waals surface area (Å²) in [5.74, 6) is 0. The summed E-state index contributed by atoms with van der Waals surface area (Å²) in [6, 6.07) is 0. The Kier molecular flexibility index (Phi) is 2.35. The molecule has 0 aliphatic carbocycles. The predicted molar refractivity (Wildman–Crippen MR) is 25.9 cm³/mol. The molecule has 0 heterocycles. The molecule has 0 fully saturated rings. The second-order valence-corrected chi connectivity index (χ2v) is 3.61. The Bertz CT molecular complexity index is 51.7. The molecular formula is H2OS3. The maximum absolute atomic E-state index is 9.27. The first-order chi connectivity index (χ1) is 1.73. The number of hydrogen-bond donors (Lipinski definition) is 2. The molecule has 1 unspecified atom stereocenters. The van der Waals surface area contributed by atoms with Crippen LogP contribution in [0, 0.1) is 0 Å². The fourth-order valence-corrected chi connectivity index (χ4v) is 0. The SMILES string of the molecule is O=[SH](=S)S. The molecule has 0 bridgehead atoms. The third kappa shape index (κ3) is 15.5. The molecule has 0 aliphatic heterocycles. The van der Waals surface area contributed by atoms with E-state index in [4.69, 9.17) is 0 Å². The first-order valence-electron chi connectivity index (χ1n) is 0.565. The molecule has 1 atom stereocenters. The third-order valence-electron chi connectivity index (χ3n) is 0. The van der Waals surface area contributed by atoms with Crippen molar-refractivity contribution in [3.63, 3.8) is 0 Å². The third-order valence-corrected chi connectivity index (χ3v) is 0. The molecule has 0 amide bonds. The minimum atomic E-state index is -1.59. The molecule has 0 aromatic rings. The number of rotatable bonds is 0. The van der Waals surface area contributed by atoms with Crippen LogP contribution >= 0.6 is 11.7 Å². The molecule has 0 aromatic carbocycles. The van der Waals surface area contributed by atoms with Gasteiger partial charge in [-0.3, -0.25) is 0 Å². The second-order valence-electron chi connectivity index (χ2n) is 0.238. The van der Waals surface area contributed by atoms with Crippen molar-refractivity contribution in [1.82, 2.24) is 0 Å². The highest BCUT2D eigenvalue weighted by molar-refractivity contribution is 8.70. The van der Waals surface area contributed by atoms with Crippen LogP contribution in [0.4, 0.5) is 0 Å². The Morgan fingerprint density at radius 1 is 2.00 bits per heavy atom. The monoisotopic (exact) mass is 114 g/mol. The van der Waals surface area contributed by atoms with Crippen molar-refractivity contribution in [1.29, 1.82) is 0 Å². The van der Waals surface area contributed by atoms with Gasteiger partial charge in [0, 0.05) is 0 Å². The van der Waals surface area contributed by atoms with Crippen LogP contribution in [0.2, 0.25) is 0 Å². The van der Waals surface area contributed by atoms with Crippen molar-refractivity contribution in [2.45, 2.75) is 0 Å². The van der Waals surface area contributed by atoms with Crippen LogP contribution in [0.3, 0.4) is 0 Å². The van der Waals surface area contributed by atoms with E-state index in [2.05, 4.69) is 22.8 Å². The quantitative estimate of drug-likeness (QED) is 0.334. The van der Waals surface area contributed by atoms with Gasteiger partial charge in [0.25, 0.3) is 0 Å². The van der Waals surface area contributed by atoms with Crippen LogP contribution in [-0.4, -0.2) is 4.21 Å². The molecule has 4 heteroatoms. The lowest BCUT2D eigenvalue weighted by Gasteiger charge is -1.44. The Labute approximate surface area is 35.9 Å². The van der Waals surface area contributed by atoms with Gasteiger partial charge in [0.2, 0.25) is 0 Å². The van der Waals surface area contributed by atoms with Gasteiger partial charge < -0.3 is 0 Å². The van der Waals surface area contributed by atoms with Gasteiger partial charge in [-0.1, -0.05) is 11.7 Å². The van der Waals surface area contributed by atoms with E-state index in [9.17, 15) is 4.21 Å². The number of thiol groups is 2. The lowest BCUT2D eigenvalue weighted by atomic mass is 16.0. The highest BCUT2D eigenvalue weighted by Gasteiger charge is 1.40. The normalized spacial score (nSPS) is 15.2. The fraction of sp³-hybridized carbons (Fsp3) is 0. The van der Waals surface area contributed by atoms with Gasteiger partial charge in [0.1, 0.15) is 0 Å². The molecule has 26 valence electrons. The zero-order valence-corrected chi connectivity index (χ0v) is 4.32. The van der Waals surface area contributed by atoms with E-state index in [1.165, 1.54) is 0 Å². The molecule has 4 heavy (non-hydrogen) atoms. The standard InChI is InChI=1S/H2OS3/c1-4(2)3/h4H,(H,1,2,3). The van der Waals surface area contributed by atoms with E-state index in [1.807, 2.05) is 0 Å². The molecule has 0 saturated heterocycles. The molecule has 0 aliphatic rings. The summed E-state index contributed by atoms with van der Waals surface area (Å²) in [6.45, 7) is 0. The lowest BCUT2D eigenvalue weighted by Crippen LogP contribution is -1.36. The van der Waals surface area contributed by atoms with Crippen molar-refractivity contribution in [3.05, 3.63) is 0 Å². The Morgan fingerprint density at radius 3 is 2.00 bits per heavy atom. The topological polar surface area (TPSA) is 17.1 Å². The van der Waals surface area contributed by atoms with Crippen molar-refractivity contribution < 1.29 is 4.21 Å². The van der Waals surface area contributed by atoms with E-state index in [0.29, 0.717) is 0 Å². The molecule has 0 aromatic heterocycles. The molecule has 0 radical (unpaired) electrons. The minimum Gasteiger partial charge on any atom is -0.249 e. The summed E-state index contributed by atoms with van der Waals surface area (Å²) in [4.78, 5) is 0. The van der Waals surface area contributed by atoms with Crippen molar-refractivity contribution in [2.24, 2.45) is 0 Å². The average molecular weight is 114 g/mol. The van der Waals surface area contributed by atoms with E-state index >= 15 is 0 Å². The lowest BCUT2D eigenvalue weighted by molar-refractivity contribution is 0.700. The summed E-state index contributed by atoms with van der Waals surface area (Å²) in [6.07, 6.45) is 0. The van der Waals surface area contributed by atoms with Gasteiger partial charge in [-0.05, 0) is 11.2 Å². The van der Waals surface area contributed by atoms with Gasteiger partial charge in [-0.2, -0.15) is 0 Å². The van der Waals surface area contributed by atoms with Crippen LogP contribution in [-0.2, 0) is 19.6 Å². The Hall–Kier alpha value is 0.720. The van der Waals surface area contributed by atoms with Crippen LogP contribution in [0.1, 0.15) is 0 Å². The average Bonchev–Trinajstić information content (AvgIpc) is 0.811. The predicted octanol–water partition coefficient (Wildman–Crippen LogP) is -0.226. The fourth-order valence-electron chi connectivity index (χ4n) is 0. The smallest absolute Gasteiger partial charge is 0.0681 e. The van der Waals surface area contributed by atoms with E-state index in [0.717, 1.165) is 0 Å². The summed E-state index contributed by atoms with van der Waals surface area (Å²) in [5, 5.41) is 0. The summed E-state index contributed by atoms with van der Waals surface area (Å²) in [5.41, 5.74) is 0. The highest BCUT2D eigenvalue weighted by atomic mass is 33.3. The largest absolute Gasteiger partial charge is 0.249 e. The van der Waals surface area contributed by atoms with E-state index < -0.39 is 8.39 Å². The zero-order valence-electron chi connectivity index (χ0n) is 1.71. The van der Waals surface area contributed by atoms with Gasteiger partial charge in [0.05, 0.1) is 8.39 Å². The molecule has 0 saturated carbocycles. The summed E-state index contributed by atoms with van der Waals surface area (Å²) >= 11 is 7.28. The van der Waals surface area contributed by atoms with Crippen LogP contribution in [0.25, 0.3) is 0 Å². The number of hydrogen-bond acceptors (Lipinski definition) is 2. The first-order valence-corrected chi connectivity index (χ1v) is 3.99. The van der Waals surface area contributed by atoms with Gasteiger partial charge in [0.15, 0.2) is 0 Å². The minimum absolute atomic E-state index is 1.59. The van der Waals surface area contributed by atoms with Crippen LogP contribution < -0.4 is 0 Å². The summed E-state index contributed by atoms with van der Waals surface area (Å²) < 4.78 is 9.27. The molecular weight excluding hydrogens is 112 g/mol. The molecule has 0 spiro atoms. The van der Waals surface area contributed by atoms with Crippen molar-refractivity contribution in [3.8, 4) is 0 Å². The zero-order chi connectivity index (χ0) is 3.58. The molecule has 0 rings (SSSR count). The maximum Gasteiger partial charge on any atom is 0.0681 e. The van der Waals surface area contributed by atoms with Gasteiger partial charge >= 0.3 is 0 Å². The highest BCUT2D eigenvalue weighted by Crippen LogP contribution is 1.61. The molecule has 0 N–H and O–H groups in total. The Morgan fingerprint density at radius 2 is 2.00 bits per heavy atom. The first kappa shape index (κ1) is 4.72. The van der Waals surface area contributed by atoms with Gasteiger partial charge in [-0.15, -0.1) is 0 Å². The van der Waals surface area contributed by atoms with E-state index in [1.54, 1.807) is 0 Å². The van der Waals surface area contributed by atoms with E-state index in [-0.39, 0.29) is 0 Å². The Balaban J connectivity index is 3.51. The summed E-state index contributed by atoms with van der Waals surface area (Å²) in [7, 11) is -1.59. The van der Waals surface area contributed by atoms with Crippen molar-refractivity contribution >= 4 is 31.2 Å². The second kappa shape index (κ2) is 1.99. The van der Waals surface area contributed by atoms with Gasteiger partial charge in [-0.25, -0.2) is 4.21 Å². The van der Waals surface area contributed by atoms with Crippen LogP contribution in [0.15, 0.2) is 0 Å². The maximum atomic E-state index is 9.27.